The maximum atomic E-state index is 12.0. The lowest BCUT2D eigenvalue weighted by molar-refractivity contribution is 0.0201. The van der Waals surface area contributed by atoms with Gasteiger partial charge in [0.25, 0.3) is 0 Å². The Morgan fingerprint density at radius 1 is 1.12 bits per heavy atom. The highest BCUT2D eigenvalue weighted by atomic mass is 16.6. The Labute approximate surface area is 145 Å². The van der Waals surface area contributed by atoms with Crippen molar-refractivity contribution in [2.24, 2.45) is 0 Å². The van der Waals surface area contributed by atoms with Gasteiger partial charge in [0, 0.05) is 25.3 Å². The Bertz CT molecular complexity index is 466. The molecule has 2 rings (SSSR count). The maximum absolute atomic E-state index is 12.0. The number of allylic oxidation sites excluding steroid dienone is 1. The minimum absolute atomic E-state index is 0.105. The molecule has 1 saturated heterocycles. The molecule has 24 heavy (non-hydrogen) atoms. The van der Waals surface area contributed by atoms with Gasteiger partial charge in [0.15, 0.2) is 0 Å². The van der Waals surface area contributed by atoms with Crippen LogP contribution in [0.1, 0.15) is 65.7 Å². The molecule has 1 aliphatic heterocycles. The molecule has 1 saturated carbocycles. The molecule has 0 bridgehead atoms. The molecule has 2 fully saturated rings. The first-order chi connectivity index (χ1) is 11.3. The average Bonchev–Trinajstić information content (AvgIpc) is 2.53. The summed E-state index contributed by atoms with van der Waals surface area (Å²) in [5.41, 5.74) is 0.856. The summed E-state index contributed by atoms with van der Waals surface area (Å²) >= 11 is 0. The number of hydrogen-bond acceptors (Lipinski definition) is 3. The minimum atomic E-state index is -0.474. The molecular formula is C18H31N3O3. The highest BCUT2D eigenvalue weighted by Crippen LogP contribution is 2.21. The van der Waals surface area contributed by atoms with E-state index in [0.717, 1.165) is 25.7 Å². The van der Waals surface area contributed by atoms with Crippen LogP contribution >= 0.6 is 0 Å². The van der Waals surface area contributed by atoms with Crippen molar-refractivity contribution in [2.45, 2.75) is 77.4 Å². The van der Waals surface area contributed by atoms with E-state index < -0.39 is 5.60 Å². The quantitative estimate of drug-likeness (QED) is 0.810. The van der Waals surface area contributed by atoms with Crippen molar-refractivity contribution in [1.82, 2.24) is 15.5 Å². The standard InChI is InChI=1S/C18H31N3O3/c1-18(2,3)24-17(23)21-11-9-15(10-12-21)20-16(22)19-13-14-7-5-4-6-8-14/h13,15H,4-12H2,1-3H3,(H2,19,20,22). The number of likely N-dealkylation sites (tertiary alicyclic amines) is 1. The number of nitrogens with one attached hydrogen (secondary N) is 2. The Morgan fingerprint density at radius 3 is 2.33 bits per heavy atom. The second kappa shape index (κ2) is 8.40. The highest BCUT2D eigenvalue weighted by molar-refractivity contribution is 5.75. The smallest absolute Gasteiger partial charge is 0.410 e. The van der Waals surface area contributed by atoms with Gasteiger partial charge in [-0.3, -0.25) is 0 Å². The first-order valence-corrected chi connectivity index (χ1v) is 9.06. The van der Waals surface area contributed by atoms with Gasteiger partial charge in [-0.2, -0.15) is 0 Å². The molecule has 2 aliphatic rings. The summed E-state index contributed by atoms with van der Waals surface area (Å²) in [5.74, 6) is 0. The predicted octanol–water partition coefficient (Wildman–Crippen LogP) is 3.53. The molecule has 1 heterocycles. The lowest BCUT2D eigenvalue weighted by Gasteiger charge is -2.33. The fraction of sp³-hybridized carbons (Fsp3) is 0.778. The molecule has 1 aliphatic carbocycles. The zero-order valence-corrected chi connectivity index (χ0v) is 15.2. The normalized spacial score (nSPS) is 19.6. The van der Waals surface area contributed by atoms with Gasteiger partial charge in [0.1, 0.15) is 5.60 Å². The number of carbonyl (C=O) groups excluding carboxylic acids is 2. The van der Waals surface area contributed by atoms with E-state index in [2.05, 4.69) is 10.6 Å². The van der Waals surface area contributed by atoms with Crippen LogP contribution in [0.2, 0.25) is 0 Å². The van der Waals surface area contributed by atoms with Crippen molar-refractivity contribution in [1.29, 1.82) is 0 Å². The molecule has 136 valence electrons. The largest absolute Gasteiger partial charge is 0.444 e. The molecular weight excluding hydrogens is 306 g/mol. The molecule has 0 spiro atoms. The number of rotatable bonds is 2. The molecule has 6 heteroatoms. The van der Waals surface area contributed by atoms with Crippen molar-refractivity contribution in [3.05, 3.63) is 11.8 Å². The van der Waals surface area contributed by atoms with Gasteiger partial charge < -0.3 is 20.3 Å². The van der Waals surface area contributed by atoms with E-state index in [-0.39, 0.29) is 18.2 Å². The van der Waals surface area contributed by atoms with Gasteiger partial charge in [0.2, 0.25) is 0 Å². The molecule has 6 nitrogen and oxygen atoms in total. The molecule has 0 aromatic heterocycles. The third-order valence-electron chi connectivity index (χ3n) is 4.39. The van der Waals surface area contributed by atoms with Gasteiger partial charge in [-0.05, 0) is 59.3 Å². The van der Waals surface area contributed by atoms with Crippen molar-refractivity contribution < 1.29 is 14.3 Å². The Kier molecular flexibility index (Phi) is 6.52. The van der Waals surface area contributed by atoms with E-state index in [0.29, 0.717) is 13.1 Å². The van der Waals surface area contributed by atoms with Crippen molar-refractivity contribution in [3.8, 4) is 0 Å². The molecule has 0 radical (unpaired) electrons. The molecule has 0 unspecified atom stereocenters. The van der Waals surface area contributed by atoms with Crippen LogP contribution in [0.5, 0.6) is 0 Å². The zero-order chi connectivity index (χ0) is 17.6. The molecule has 0 aromatic rings. The van der Waals surface area contributed by atoms with Gasteiger partial charge >= 0.3 is 12.1 Å². The number of hydrogen-bond donors (Lipinski definition) is 2. The van der Waals surface area contributed by atoms with Crippen molar-refractivity contribution >= 4 is 12.1 Å². The van der Waals surface area contributed by atoms with Crippen LogP contribution in [0, 0.1) is 0 Å². The monoisotopic (exact) mass is 337 g/mol. The average molecular weight is 337 g/mol. The first kappa shape index (κ1) is 18.6. The Morgan fingerprint density at radius 2 is 1.75 bits per heavy atom. The minimum Gasteiger partial charge on any atom is -0.444 e. The number of nitrogens with zero attached hydrogens (tertiary/aromatic N) is 1. The van der Waals surface area contributed by atoms with Crippen LogP contribution in [0.3, 0.4) is 0 Å². The topological polar surface area (TPSA) is 70.7 Å². The van der Waals surface area contributed by atoms with Crippen LogP contribution in [0.4, 0.5) is 9.59 Å². The van der Waals surface area contributed by atoms with Crippen LogP contribution in [-0.4, -0.2) is 41.8 Å². The number of ether oxygens (including phenoxy) is 1. The second-order valence-corrected chi connectivity index (χ2v) is 7.72. The summed E-state index contributed by atoms with van der Waals surface area (Å²) < 4.78 is 5.38. The highest BCUT2D eigenvalue weighted by Gasteiger charge is 2.27. The van der Waals surface area contributed by atoms with E-state index in [9.17, 15) is 9.59 Å². The summed E-state index contributed by atoms with van der Waals surface area (Å²) in [6.45, 7) is 6.82. The Hall–Kier alpha value is -1.72. The van der Waals surface area contributed by atoms with Crippen molar-refractivity contribution in [2.75, 3.05) is 13.1 Å². The van der Waals surface area contributed by atoms with Gasteiger partial charge in [-0.15, -0.1) is 0 Å². The van der Waals surface area contributed by atoms with Gasteiger partial charge in [-0.25, -0.2) is 9.59 Å². The molecule has 0 aromatic carbocycles. The third-order valence-corrected chi connectivity index (χ3v) is 4.39. The number of urea groups is 1. The molecule has 3 amide bonds. The predicted molar refractivity (Wildman–Crippen MR) is 93.7 cm³/mol. The third kappa shape index (κ3) is 6.42. The van der Waals surface area contributed by atoms with E-state index in [4.69, 9.17) is 4.74 Å². The Balaban J connectivity index is 1.68. The maximum Gasteiger partial charge on any atom is 0.410 e. The lowest BCUT2D eigenvalue weighted by Crippen LogP contribution is -2.49. The SMILES string of the molecule is CC(C)(C)OC(=O)N1CCC(NC(=O)NC=C2CCCCC2)CC1. The summed E-state index contributed by atoms with van der Waals surface area (Å²) in [7, 11) is 0. The number of amides is 3. The van der Waals surface area contributed by atoms with Gasteiger partial charge in [0.05, 0.1) is 0 Å². The summed E-state index contributed by atoms with van der Waals surface area (Å²) in [6, 6.07) is -0.0442. The number of carbonyl (C=O) groups is 2. The van der Waals surface area contributed by atoms with Crippen LogP contribution in [-0.2, 0) is 4.74 Å². The molecule has 0 atom stereocenters. The van der Waals surface area contributed by atoms with E-state index in [1.807, 2.05) is 27.0 Å². The fourth-order valence-electron chi connectivity index (χ4n) is 3.08. The van der Waals surface area contributed by atoms with Gasteiger partial charge in [-0.1, -0.05) is 12.0 Å². The van der Waals surface area contributed by atoms with Crippen LogP contribution in [0.25, 0.3) is 0 Å². The lowest BCUT2D eigenvalue weighted by atomic mass is 9.96. The molecule has 2 N–H and O–H groups in total. The summed E-state index contributed by atoms with van der Waals surface area (Å²) in [6.07, 6.45) is 9.02. The summed E-state index contributed by atoms with van der Waals surface area (Å²) in [4.78, 5) is 25.7. The summed E-state index contributed by atoms with van der Waals surface area (Å²) in [5, 5.41) is 5.84. The van der Waals surface area contributed by atoms with E-state index in [1.54, 1.807) is 4.90 Å². The van der Waals surface area contributed by atoms with Crippen LogP contribution in [0.15, 0.2) is 11.8 Å². The first-order valence-electron chi connectivity index (χ1n) is 9.06. The number of piperidine rings is 1. The van der Waals surface area contributed by atoms with E-state index in [1.165, 1.54) is 24.8 Å². The van der Waals surface area contributed by atoms with Crippen LogP contribution < -0.4 is 10.6 Å². The zero-order valence-electron chi connectivity index (χ0n) is 15.2. The second-order valence-electron chi connectivity index (χ2n) is 7.72. The fourth-order valence-corrected chi connectivity index (χ4v) is 3.08. The van der Waals surface area contributed by atoms with E-state index >= 15 is 0 Å². The van der Waals surface area contributed by atoms with Crippen molar-refractivity contribution in [3.63, 3.8) is 0 Å².